The summed E-state index contributed by atoms with van der Waals surface area (Å²) in [6, 6.07) is 5.82. The van der Waals surface area contributed by atoms with Gasteiger partial charge in [-0.05, 0) is 25.0 Å². The van der Waals surface area contributed by atoms with Gasteiger partial charge >= 0.3 is 0 Å². The summed E-state index contributed by atoms with van der Waals surface area (Å²) in [7, 11) is 1.73. The smallest absolute Gasteiger partial charge is 0.212 e. The molecule has 0 N–H and O–H groups in total. The molecule has 0 saturated heterocycles. The Morgan fingerprint density at radius 1 is 1.43 bits per heavy atom. The normalized spacial score (nSPS) is 11.6. The highest BCUT2D eigenvalue weighted by molar-refractivity contribution is 9.10. The molecule has 0 aliphatic heterocycles. The first-order valence-corrected chi connectivity index (χ1v) is 7.33. The Morgan fingerprint density at radius 2 is 2.07 bits per heavy atom. The van der Waals surface area contributed by atoms with Crippen molar-refractivity contribution in [1.82, 2.24) is 0 Å². The molecule has 14 heavy (non-hydrogen) atoms. The van der Waals surface area contributed by atoms with Crippen LogP contribution in [0.2, 0.25) is 0 Å². The van der Waals surface area contributed by atoms with E-state index in [2.05, 4.69) is 15.9 Å². The molecule has 0 amide bonds. The van der Waals surface area contributed by atoms with E-state index in [4.69, 9.17) is 10.7 Å². The van der Waals surface area contributed by atoms with Crippen LogP contribution in [0.3, 0.4) is 0 Å². The lowest BCUT2D eigenvalue weighted by atomic mass is 10.1. The number of benzene rings is 1. The zero-order valence-corrected chi connectivity index (χ0v) is 10.8. The maximum atomic E-state index is 10.8. The van der Waals surface area contributed by atoms with E-state index >= 15 is 0 Å². The average molecular weight is 298 g/mol. The van der Waals surface area contributed by atoms with E-state index < -0.39 is 9.05 Å². The van der Waals surface area contributed by atoms with Gasteiger partial charge in [0.1, 0.15) is 0 Å². The van der Waals surface area contributed by atoms with E-state index in [0.717, 1.165) is 15.6 Å². The molecule has 1 aromatic carbocycles. The molecule has 78 valence electrons. The Morgan fingerprint density at radius 3 is 2.64 bits per heavy atom. The zero-order chi connectivity index (χ0) is 10.8. The standard InChI is InChI=1S/C9H10BrClO2S/c1-7-2-3-9(10)8(6-7)4-5-14(11,12)13/h2-3,6H,4-5H2,1H3. The molecule has 2 nitrogen and oxygen atoms in total. The summed E-state index contributed by atoms with van der Waals surface area (Å²) < 4.78 is 22.4. The van der Waals surface area contributed by atoms with E-state index in [1.54, 1.807) is 0 Å². The second-order valence-corrected chi connectivity index (χ2v) is 6.84. The van der Waals surface area contributed by atoms with Crippen molar-refractivity contribution in [3.63, 3.8) is 0 Å². The molecule has 0 atom stereocenters. The molecule has 0 radical (unpaired) electrons. The van der Waals surface area contributed by atoms with Crippen LogP contribution in [0.25, 0.3) is 0 Å². The predicted octanol–water partition coefficient (Wildman–Crippen LogP) is 2.87. The summed E-state index contributed by atoms with van der Waals surface area (Å²) in [5.41, 5.74) is 2.07. The van der Waals surface area contributed by atoms with Crippen LogP contribution in [0.1, 0.15) is 11.1 Å². The van der Waals surface area contributed by atoms with Crippen molar-refractivity contribution in [2.45, 2.75) is 13.3 Å². The minimum Gasteiger partial charge on any atom is -0.212 e. The highest BCUT2D eigenvalue weighted by atomic mass is 79.9. The first-order chi connectivity index (χ1) is 6.38. The highest BCUT2D eigenvalue weighted by Crippen LogP contribution is 2.19. The van der Waals surface area contributed by atoms with Crippen LogP contribution in [0.15, 0.2) is 22.7 Å². The predicted molar refractivity (Wildman–Crippen MR) is 62.2 cm³/mol. The number of hydrogen-bond acceptors (Lipinski definition) is 2. The Hall–Kier alpha value is -0.0600. The Kier molecular flexibility index (Phi) is 3.98. The monoisotopic (exact) mass is 296 g/mol. The van der Waals surface area contributed by atoms with Gasteiger partial charge in [0.15, 0.2) is 0 Å². The fraction of sp³-hybridized carbons (Fsp3) is 0.333. The van der Waals surface area contributed by atoms with Crippen LogP contribution >= 0.6 is 26.6 Å². The summed E-state index contributed by atoms with van der Waals surface area (Å²) in [6.45, 7) is 1.96. The van der Waals surface area contributed by atoms with Crippen LogP contribution in [0.5, 0.6) is 0 Å². The summed E-state index contributed by atoms with van der Waals surface area (Å²) in [5.74, 6) is -0.0311. The number of halogens is 2. The van der Waals surface area contributed by atoms with Gasteiger partial charge in [0.2, 0.25) is 9.05 Å². The van der Waals surface area contributed by atoms with Crippen LogP contribution in [-0.4, -0.2) is 14.2 Å². The van der Waals surface area contributed by atoms with Gasteiger partial charge in [-0.1, -0.05) is 33.6 Å². The third kappa shape index (κ3) is 3.98. The molecule has 1 rings (SSSR count). The largest absolute Gasteiger partial charge is 0.232 e. The SMILES string of the molecule is Cc1ccc(Br)c(CCS(=O)(=O)Cl)c1. The quantitative estimate of drug-likeness (QED) is 0.804. The van der Waals surface area contributed by atoms with Gasteiger partial charge in [-0.15, -0.1) is 0 Å². The van der Waals surface area contributed by atoms with Crippen molar-refractivity contribution in [2.75, 3.05) is 5.75 Å². The van der Waals surface area contributed by atoms with Crippen molar-refractivity contribution < 1.29 is 8.42 Å². The second kappa shape index (κ2) is 4.64. The molecular weight excluding hydrogens is 288 g/mol. The van der Waals surface area contributed by atoms with Crippen LogP contribution in [0.4, 0.5) is 0 Å². The summed E-state index contributed by atoms with van der Waals surface area (Å²) in [4.78, 5) is 0. The van der Waals surface area contributed by atoms with E-state index in [9.17, 15) is 8.42 Å². The lowest BCUT2D eigenvalue weighted by molar-refractivity contribution is 0.609. The van der Waals surface area contributed by atoms with E-state index in [1.807, 2.05) is 25.1 Å². The summed E-state index contributed by atoms with van der Waals surface area (Å²) in [5, 5.41) is 0. The van der Waals surface area contributed by atoms with Crippen molar-refractivity contribution in [3.05, 3.63) is 33.8 Å². The van der Waals surface area contributed by atoms with Gasteiger partial charge in [-0.2, -0.15) is 0 Å². The molecular formula is C9H10BrClO2S. The third-order valence-corrected chi connectivity index (χ3v) is 3.74. The highest BCUT2D eigenvalue weighted by Gasteiger charge is 2.07. The molecule has 5 heteroatoms. The molecule has 0 aliphatic carbocycles. The van der Waals surface area contributed by atoms with Crippen LogP contribution in [-0.2, 0) is 15.5 Å². The van der Waals surface area contributed by atoms with Gasteiger partial charge in [0, 0.05) is 15.2 Å². The van der Waals surface area contributed by atoms with Crippen molar-refractivity contribution >= 4 is 35.7 Å². The lowest BCUT2D eigenvalue weighted by Crippen LogP contribution is -2.01. The molecule has 0 aromatic heterocycles. The van der Waals surface area contributed by atoms with Crippen LogP contribution < -0.4 is 0 Å². The molecule has 0 spiro atoms. The van der Waals surface area contributed by atoms with Gasteiger partial charge in [-0.25, -0.2) is 8.42 Å². The van der Waals surface area contributed by atoms with Crippen molar-refractivity contribution in [1.29, 1.82) is 0 Å². The molecule has 0 heterocycles. The number of aryl methyl sites for hydroxylation is 2. The fourth-order valence-electron chi connectivity index (χ4n) is 1.13. The van der Waals surface area contributed by atoms with E-state index in [1.165, 1.54) is 0 Å². The third-order valence-electron chi connectivity index (χ3n) is 1.82. The molecule has 0 unspecified atom stereocenters. The summed E-state index contributed by atoms with van der Waals surface area (Å²) in [6.07, 6.45) is 0.439. The van der Waals surface area contributed by atoms with Gasteiger partial charge < -0.3 is 0 Å². The second-order valence-electron chi connectivity index (χ2n) is 3.09. The molecule has 0 bridgehead atoms. The van der Waals surface area contributed by atoms with Crippen molar-refractivity contribution in [2.24, 2.45) is 0 Å². The van der Waals surface area contributed by atoms with Gasteiger partial charge in [0.25, 0.3) is 0 Å². The van der Waals surface area contributed by atoms with Gasteiger partial charge in [-0.3, -0.25) is 0 Å². The average Bonchev–Trinajstić information content (AvgIpc) is 2.05. The maximum Gasteiger partial charge on any atom is 0.232 e. The Balaban J connectivity index is 2.81. The lowest BCUT2D eigenvalue weighted by Gasteiger charge is -2.03. The van der Waals surface area contributed by atoms with Gasteiger partial charge in [0.05, 0.1) is 5.75 Å². The minimum atomic E-state index is -3.40. The van der Waals surface area contributed by atoms with Crippen molar-refractivity contribution in [3.8, 4) is 0 Å². The number of rotatable bonds is 3. The van der Waals surface area contributed by atoms with E-state index in [0.29, 0.717) is 6.42 Å². The summed E-state index contributed by atoms with van der Waals surface area (Å²) >= 11 is 3.36. The minimum absolute atomic E-state index is 0.0311. The Bertz CT molecular complexity index is 428. The molecule has 0 aliphatic rings. The van der Waals surface area contributed by atoms with E-state index in [-0.39, 0.29) is 5.75 Å². The molecule has 1 aromatic rings. The first kappa shape index (κ1) is 12.0. The fourth-order valence-corrected chi connectivity index (χ4v) is 2.27. The Labute approximate surface area is 96.8 Å². The van der Waals surface area contributed by atoms with Crippen LogP contribution in [0, 0.1) is 6.92 Å². The maximum absolute atomic E-state index is 10.8. The topological polar surface area (TPSA) is 34.1 Å². The molecule has 0 fully saturated rings. The zero-order valence-electron chi connectivity index (χ0n) is 7.63. The molecule has 0 saturated carbocycles. The number of hydrogen-bond donors (Lipinski definition) is 0. The first-order valence-electron chi connectivity index (χ1n) is 4.06.